The Morgan fingerprint density at radius 2 is 1.46 bits per heavy atom. The molecule has 0 aromatic carbocycles. The van der Waals surface area contributed by atoms with Gasteiger partial charge < -0.3 is 9.16 Å². The molecule has 0 aliphatic carbocycles. The van der Waals surface area contributed by atoms with E-state index < -0.39 is 8.32 Å². The molecule has 0 radical (unpaired) electrons. The van der Waals surface area contributed by atoms with E-state index in [9.17, 15) is 4.79 Å². The SMILES string of the molecule is CCOC(=O)/C=C/[C@H](C)CCC[C@H](C)CO[Si](C(C)C)(C(C)C)C(C)C. The summed E-state index contributed by atoms with van der Waals surface area (Å²) in [4.78, 5) is 11.4. The Labute approximate surface area is 164 Å². The van der Waals surface area contributed by atoms with Crippen molar-refractivity contribution in [2.75, 3.05) is 13.2 Å². The molecule has 3 nitrogen and oxygen atoms in total. The summed E-state index contributed by atoms with van der Waals surface area (Å²) in [6.45, 7) is 21.7. The van der Waals surface area contributed by atoms with E-state index in [1.165, 1.54) is 12.8 Å². The minimum Gasteiger partial charge on any atom is -0.463 e. The number of hydrogen-bond acceptors (Lipinski definition) is 3. The van der Waals surface area contributed by atoms with Crippen LogP contribution in [0.25, 0.3) is 0 Å². The number of carbonyl (C=O) groups is 1. The molecule has 0 saturated carbocycles. The van der Waals surface area contributed by atoms with E-state index >= 15 is 0 Å². The molecule has 0 aliphatic heterocycles. The highest BCUT2D eigenvalue weighted by molar-refractivity contribution is 6.77. The third kappa shape index (κ3) is 8.39. The van der Waals surface area contributed by atoms with Crippen molar-refractivity contribution in [3.8, 4) is 0 Å². The van der Waals surface area contributed by atoms with Gasteiger partial charge in [0.1, 0.15) is 0 Å². The molecule has 0 saturated heterocycles. The van der Waals surface area contributed by atoms with Crippen LogP contribution in [-0.4, -0.2) is 27.5 Å². The zero-order valence-corrected chi connectivity index (χ0v) is 19.8. The molecular weight excluding hydrogens is 340 g/mol. The summed E-state index contributed by atoms with van der Waals surface area (Å²) in [6, 6.07) is 0. The Balaban J connectivity index is 4.37. The van der Waals surface area contributed by atoms with Crippen LogP contribution in [0.1, 0.15) is 81.6 Å². The smallest absolute Gasteiger partial charge is 0.330 e. The zero-order chi connectivity index (χ0) is 20.3. The summed E-state index contributed by atoms with van der Waals surface area (Å²) in [5.41, 5.74) is 1.92. The standard InChI is InChI=1S/C22H44O3Si/c1-10-24-22(23)15-14-20(8)12-11-13-21(9)16-25-26(17(2)3,18(4)5)19(6)7/h14-15,17-21H,10-13,16H2,1-9H3/b15-14+/t20-,21+/m1/s1. The van der Waals surface area contributed by atoms with Gasteiger partial charge in [0.25, 0.3) is 0 Å². The molecule has 0 rings (SSSR count). The Morgan fingerprint density at radius 3 is 1.92 bits per heavy atom. The summed E-state index contributed by atoms with van der Waals surface area (Å²) in [7, 11) is -1.75. The van der Waals surface area contributed by atoms with Crippen molar-refractivity contribution in [2.45, 2.75) is 98.2 Å². The van der Waals surface area contributed by atoms with Crippen LogP contribution < -0.4 is 0 Å². The Hall–Kier alpha value is -0.613. The molecule has 0 heterocycles. The average Bonchev–Trinajstić information content (AvgIpc) is 2.52. The van der Waals surface area contributed by atoms with Crippen LogP contribution in [0.4, 0.5) is 0 Å². The fourth-order valence-electron chi connectivity index (χ4n) is 4.19. The van der Waals surface area contributed by atoms with Crippen LogP contribution in [0, 0.1) is 11.8 Å². The number of rotatable bonds is 13. The Bertz CT molecular complexity index is 394. The third-order valence-electron chi connectivity index (χ3n) is 5.53. The first kappa shape index (κ1) is 25.4. The van der Waals surface area contributed by atoms with Crippen LogP contribution >= 0.6 is 0 Å². The summed E-state index contributed by atoms with van der Waals surface area (Å²) >= 11 is 0. The third-order valence-corrected chi connectivity index (χ3v) is 11.6. The topological polar surface area (TPSA) is 35.5 Å². The number of esters is 1. The number of ether oxygens (including phenoxy) is 1. The van der Waals surface area contributed by atoms with E-state index in [1.54, 1.807) is 6.08 Å². The zero-order valence-electron chi connectivity index (χ0n) is 18.8. The average molecular weight is 385 g/mol. The fourth-order valence-corrected chi connectivity index (χ4v) is 9.76. The lowest BCUT2D eigenvalue weighted by Gasteiger charge is -2.42. The van der Waals surface area contributed by atoms with Crippen molar-refractivity contribution in [3.05, 3.63) is 12.2 Å². The molecule has 0 bridgehead atoms. The molecule has 0 aromatic heterocycles. The first-order valence-electron chi connectivity index (χ1n) is 10.6. The van der Waals surface area contributed by atoms with Crippen LogP contribution in [0.3, 0.4) is 0 Å². The van der Waals surface area contributed by atoms with Crippen molar-refractivity contribution in [3.63, 3.8) is 0 Å². The van der Waals surface area contributed by atoms with Crippen LogP contribution in [0.2, 0.25) is 16.6 Å². The summed E-state index contributed by atoms with van der Waals surface area (Å²) < 4.78 is 11.6. The Morgan fingerprint density at radius 1 is 0.923 bits per heavy atom. The summed E-state index contributed by atoms with van der Waals surface area (Å²) in [5.74, 6) is 0.751. The monoisotopic (exact) mass is 384 g/mol. The van der Waals surface area contributed by atoms with Gasteiger partial charge in [0.05, 0.1) is 6.61 Å². The second kappa shape index (κ2) is 12.7. The van der Waals surface area contributed by atoms with Crippen molar-refractivity contribution < 1.29 is 14.0 Å². The van der Waals surface area contributed by atoms with Gasteiger partial charge in [0.15, 0.2) is 8.32 Å². The molecule has 4 heteroatoms. The predicted octanol–water partition coefficient (Wildman–Crippen LogP) is 6.74. The van der Waals surface area contributed by atoms with E-state index in [0.717, 1.165) is 13.0 Å². The van der Waals surface area contributed by atoms with E-state index in [2.05, 4.69) is 55.4 Å². The number of carbonyl (C=O) groups excluding carboxylic acids is 1. The first-order chi connectivity index (χ1) is 12.1. The normalized spacial score (nSPS) is 15.2. The summed E-state index contributed by atoms with van der Waals surface area (Å²) in [5, 5.41) is 0. The lowest BCUT2D eigenvalue weighted by molar-refractivity contribution is -0.137. The molecular formula is C22H44O3Si. The predicted molar refractivity (Wildman–Crippen MR) is 115 cm³/mol. The number of allylic oxidation sites excluding steroid dienone is 1. The van der Waals surface area contributed by atoms with Gasteiger partial charge in [-0.3, -0.25) is 0 Å². The second-order valence-corrected chi connectivity index (χ2v) is 14.2. The largest absolute Gasteiger partial charge is 0.463 e. The van der Waals surface area contributed by atoms with Gasteiger partial charge >= 0.3 is 5.97 Å². The van der Waals surface area contributed by atoms with E-state index in [-0.39, 0.29) is 5.97 Å². The fraction of sp³-hybridized carbons (Fsp3) is 0.864. The van der Waals surface area contributed by atoms with Gasteiger partial charge in [-0.2, -0.15) is 0 Å². The minimum atomic E-state index is -1.75. The maximum atomic E-state index is 11.4. The highest BCUT2D eigenvalue weighted by Crippen LogP contribution is 2.42. The van der Waals surface area contributed by atoms with Crippen molar-refractivity contribution >= 4 is 14.3 Å². The maximum Gasteiger partial charge on any atom is 0.330 e. The molecule has 2 atom stereocenters. The van der Waals surface area contributed by atoms with E-state index in [1.807, 2.05) is 13.0 Å². The highest BCUT2D eigenvalue weighted by Gasteiger charge is 2.45. The maximum absolute atomic E-state index is 11.4. The molecule has 154 valence electrons. The number of hydrogen-bond donors (Lipinski definition) is 0. The molecule has 0 spiro atoms. The van der Waals surface area contributed by atoms with Gasteiger partial charge in [0, 0.05) is 12.7 Å². The lowest BCUT2D eigenvalue weighted by Crippen LogP contribution is -2.48. The molecule has 0 aliphatic rings. The molecule has 0 aromatic rings. The van der Waals surface area contributed by atoms with E-state index in [0.29, 0.717) is 35.1 Å². The Kier molecular flexibility index (Phi) is 12.4. The van der Waals surface area contributed by atoms with Gasteiger partial charge in [-0.15, -0.1) is 0 Å². The quantitative estimate of drug-likeness (QED) is 0.200. The summed E-state index contributed by atoms with van der Waals surface area (Å²) in [6.07, 6.45) is 6.97. The van der Waals surface area contributed by atoms with Crippen molar-refractivity contribution in [1.29, 1.82) is 0 Å². The molecule has 0 amide bonds. The minimum absolute atomic E-state index is 0.238. The molecule has 0 unspecified atom stereocenters. The van der Waals surface area contributed by atoms with Gasteiger partial charge in [-0.1, -0.05) is 67.9 Å². The van der Waals surface area contributed by atoms with Crippen LogP contribution in [0.15, 0.2) is 12.2 Å². The van der Waals surface area contributed by atoms with Crippen molar-refractivity contribution in [1.82, 2.24) is 0 Å². The van der Waals surface area contributed by atoms with Crippen LogP contribution in [-0.2, 0) is 14.0 Å². The molecule has 0 N–H and O–H groups in total. The lowest BCUT2D eigenvalue weighted by atomic mass is 9.99. The van der Waals surface area contributed by atoms with Crippen LogP contribution in [0.5, 0.6) is 0 Å². The van der Waals surface area contributed by atoms with Gasteiger partial charge in [0.2, 0.25) is 0 Å². The van der Waals surface area contributed by atoms with Crippen molar-refractivity contribution in [2.24, 2.45) is 11.8 Å². The van der Waals surface area contributed by atoms with Gasteiger partial charge in [-0.25, -0.2) is 4.79 Å². The van der Waals surface area contributed by atoms with Gasteiger partial charge in [-0.05, 0) is 48.2 Å². The highest BCUT2D eigenvalue weighted by atomic mass is 28.4. The molecule has 0 fully saturated rings. The second-order valence-electron chi connectivity index (χ2n) is 8.75. The molecule has 26 heavy (non-hydrogen) atoms. The van der Waals surface area contributed by atoms with E-state index in [4.69, 9.17) is 9.16 Å². The first-order valence-corrected chi connectivity index (χ1v) is 12.7.